The number of rotatable bonds is 9. The second-order valence-electron chi connectivity index (χ2n) is 6.62. The summed E-state index contributed by atoms with van der Waals surface area (Å²) in [6.45, 7) is 4.32. The van der Waals surface area contributed by atoms with E-state index >= 15 is 0 Å². The average molecular weight is 402 g/mol. The maximum absolute atomic E-state index is 12.6. The molecule has 0 aliphatic heterocycles. The van der Waals surface area contributed by atoms with Crippen molar-refractivity contribution in [1.29, 1.82) is 0 Å². The first-order valence-electron chi connectivity index (χ1n) is 9.28. The third kappa shape index (κ3) is 6.24. The van der Waals surface area contributed by atoms with Crippen LogP contribution in [0.2, 0.25) is 0 Å². The van der Waals surface area contributed by atoms with Crippen LogP contribution in [-0.4, -0.2) is 47.4 Å². The lowest BCUT2D eigenvalue weighted by Crippen LogP contribution is -2.58. The zero-order valence-corrected chi connectivity index (χ0v) is 16.9. The van der Waals surface area contributed by atoms with Crippen molar-refractivity contribution < 1.29 is 18.6 Å². The van der Waals surface area contributed by atoms with Crippen molar-refractivity contribution in [3.63, 3.8) is 0 Å². The van der Waals surface area contributed by atoms with E-state index in [2.05, 4.69) is 27.3 Å². The Morgan fingerprint density at radius 1 is 1.41 bits per heavy atom. The molecule has 0 bridgehead atoms. The van der Waals surface area contributed by atoms with Gasteiger partial charge in [-0.25, -0.2) is 4.99 Å². The number of benzene rings is 1. The minimum Gasteiger partial charge on any atom is -0.434 e. The Morgan fingerprint density at radius 3 is 2.78 bits per heavy atom. The first-order valence-corrected chi connectivity index (χ1v) is 10.3. The van der Waals surface area contributed by atoms with Gasteiger partial charge in [0.05, 0.1) is 12.1 Å². The van der Waals surface area contributed by atoms with Crippen LogP contribution in [0.3, 0.4) is 0 Å². The minimum atomic E-state index is -2.87. The molecule has 0 saturated heterocycles. The van der Waals surface area contributed by atoms with E-state index in [1.165, 1.54) is 6.07 Å². The standard InChI is InChI=1S/C19H29F2N3O2S/c1-4-22-18(24-12-19(25)9-8-16(19)27-5-2)23-11-14-10-13(3)6-7-15(14)26-17(20)21/h6-7,10,16-17,25H,4-5,8-9,11-12H2,1-3H3,(H2,22,23,24). The molecule has 0 heterocycles. The molecule has 0 spiro atoms. The predicted molar refractivity (Wildman–Crippen MR) is 107 cm³/mol. The zero-order chi connectivity index (χ0) is 19.9. The van der Waals surface area contributed by atoms with Crippen LogP contribution >= 0.6 is 11.8 Å². The van der Waals surface area contributed by atoms with Gasteiger partial charge in [-0.2, -0.15) is 20.5 Å². The summed E-state index contributed by atoms with van der Waals surface area (Å²) in [4.78, 5) is 4.48. The SMILES string of the molecule is CCNC(=NCc1cc(C)ccc1OC(F)F)NCC1(O)CCC1SCC. The van der Waals surface area contributed by atoms with Crippen molar-refractivity contribution >= 4 is 17.7 Å². The Bertz CT molecular complexity index is 645. The molecule has 2 unspecified atom stereocenters. The van der Waals surface area contributed by atoms with Gasteiger partial charge in [0.25, 0.3) is 0 Å². The summed E-state index contributed by atoms with van der Waals surface area (Å²) >= 11 is 1.77. The van der Waals surface area contributed by atoms with E-state index in [1.54, 1.807) is 23.9 Å². The molecular weight excluding hydrogens is 372 g/mol. The fraction of sp³-hybridized carbons (Fsp3) is 0.632. The lowest BCUT2D eigenvalue weighted by Gasteiger charge is -2.45. The van der Waals surface area contributed by atoms with Crippen LogP contribution in [0.5, 0.6) is 5.75 Å². The number of hydrogen-bond donors (Lipinski definition) is 3. The van der Waals surface area contributed by atoms with E-state index in [1.807, 2.05) is 13.8 Å². The first kappa shape index (κ1) is 21.8. The van der Waals surface area contributed by atoms with Gasteiger partial charge in [-0.15, -0.1) is 0 Å². The van der Waals surface area contributed by atoms with Gasteiger partial charge in [0, 0.05) is 23.9 Å². The van der Waals surface area contributed by atoms with Crippen molar-refractivity contribution in [1.82, 2.24) is 10.6 Å². The molecule has 1 aliphatic carbocycles. The second-order valence-corrected chi connectivity index (χ2v) is 8.10. The van der Waals surface area contributed by atoms with Gasteiger partial charge in [-0.1, -0.05) is 24.6 Å². The Labute approximate surface area is 164 Å². The molecule has 1 aromatic carbocycles. The molecule has 1 aliphatic rings. The second kappa shape index (κ2) is 10.1. The normalized spacial score (nSPS) is 22.5. The molecule has 1 saturated carbocycles. The Kier molecular flexibility index (Phi) is 8.16. The first-order chi connectivity index (χ1) is 12.9. The van der Waals surface area contributed by atoms with Crippen molar-refractivity contribution in [2.24, 2.45) is 4.99 Å². The number of thioether (sulfide) groups is 1. The number of alkyl halides is 2. The summed E-state index contributed by atoms with van der Waals surface area (Å²) in [5, 5.41) is 17.3. The Morgan fingerprint density at radius 2 is 2.19 bits per heavy atom. The van der Waals surface area contributed by atoms with Gasteiger partial charge in [0.2, 0.25) is 0 Å². The molecule has 152 valence electrons. The fourth-order valence-corrected chi connectivity index (χ4v) is 4.22. The monoisotopic (exact) mass is 401 g/mol. The Balaban J connectivity index is 2.04. The highest BCUT2D eigenvalue weighted by Gasteiger charge is 2.45. The average Bonchev–Trinajstić information content (AvgIpc) is 2.62. The maximum Gasteiger partial charge on any atom is 0.387 e. The topological polar surface area (TPSA) is 65.9 Å². The molecule has 2 rings (SSSR count). The van der Waals surface area contributed by atoms with Crippen molar-refractivity contribution in [3.8, 4) is 5.75 Å². The number of hydrogen-bond acceptors (Lipinski definition) is 4. The van der Waals surface area contributed by atoms with Crippen LogP contribution in [0.4, 0.5) is 8.78 Å². The van der Waals surface area contributed by atoms with E-state index in [9.17, 15) is 13.9 Å². The van der Waals surface area contributed by atoms with E-state index in [-0.39, 0.29) is 17.5 Å². The van der Waals surface area contributed by atoms with Gasteiger partial charge >= 0.3 is 6.61 Å². The molecule has 0 aromatic heterocycles. The molecule has 27 heavy (non-hydrogen) atoms. The molecule has 3 N–H and O–H groups in total. The quantitative estimate of drug-likeness (QED) is 0.438. The molecular formula is C19H29F2N3O2S. The minimum absolute atomic E-state index is 0.132. The van der Waals surface area contributed by atoms with E-state index in [0.29, 0.717) is 24.6 Å². The van der Waals surface area contributed by atoms with Gasteiger partial charge in [-0.3, -0.25) is 0 Å². The van der Waals surface area contributed by atoms with E-state index in [4.69, 9.17) is 0 Å². The highest BCUT2D eigenvalue weighted by Crippen LogP contribution is 2.40. The van der Waals surface area contributed by atoms with Gasteiger partial charge in [-0.05, 0) is 38.5 Å². The zero-order valence-electron chi connectivity index (χ0n) is 16.1. The van der Waals surface area contributed by atoms with E-state index in [0.717, 1.165) is 24.2 Å². The number of nitrogens with zero attached hydrogens (tertiary/aromatic N) is 1. The number of aliphatic imine (C=N–C) groups is 1. The molecule has 8 heteroatoms. The molecule has 2 atom stereocenters. The molecule has 1 aromatic rings. The Hall–Kier alpha value is -1.54. The molecule has 5 nitrogen and oxygen atoms in total. The van der Waals surface area contributed by atoms with Crippen LogP contribution < -0.4 is 15.4 Å². The summed E-state index contributed by atoms with van der Waals surface area (Å²) < 4.78 is 29.8. The number of aryl methyl sites for hydroxylation is 1. The van der Waals surface area contributed by atoms with Gasteiger partial charge in [0.15, 0.2) is 5.96 Å². The third-order valence-electron chi connectivity index (χ3n) is 4.55. The van der Waals surface area contributed by atoms with Crippen LogP contribution in [0.15, 0.2) is 23.2 Å². The highest BCUT2D eigenvalue weighted by molar-refractivity contribution is 8.00. The predicted octanol–water partition coefficient (Wildman–Crippen LogP) is 3.30. The molecule has 0 radical (unpaired) electrons. The van der Waals surface area contributed by atoms with Crippen molar-refractivity contribution in [2.45, 2.75) is 57.6 Å². The van der Waals surface area contributed by atoms with Gasteiger partial charge < -0.3 is 20.5 Å². The van der Waals surface area contributed by atoms with Gasteiger partial charge in [0.1, 0.15) is 5.75 Å². The lowest BCUT2D eigenvalue weighted by atomic mass is 9.79. The van der Waals surface area contributed by atoms with E-state index < -0.39 is 12.2 Å². The summed E-state index contributed by atoms with van der Waals surface area (Å²) in [6.07, 6.45) is 1.78. The summed E-state index contributed by atoms with van der Waals surface area (Å²) in [5.74, 6) is 1.65. The number of guanidine groups is 1. The van der Waals surface area contributed by atoms with Crippen molar-refractivity contribution in [2.75, 3.05) is 18.8 Å². The third-order valence-corrected chi connectivity index (χ3v) is 5.96. The summed E-state index contributed by atoms with van der Waals surface area (Å²) in [5.41, 5.74) is 0.807. The molecule has 0 amide bonds. The maximum atomic E-state index is 12.6. The summed E-state index contributed by atoms with van der Waals surface area (Å²) in [7, 11) is 0. The fourth-order valence-electron chi connectivity index (χ4n) is 3.02. The lowest BCUT2D eigenvalue weighted by molar-refractivity contribution is -0.0504. The van der Waals surface area contributed by atoms with Crippen molar-refractivity contribution in [3.05, 3.63) is 29.3 Å². The smallest absolute Gasteiger partial charge is 0.387 e. The van der Waals surface area contributed by atoms with Crippen LogP contribution in [-0.2, 0) is 6.54 Å². The number of halogens is 2. The largest absolute Gasteiger partial charge is 0.434 e. The van der Waals surface area contributed by atoms with Crippen LogP contribution in [0, 0.1) is 6.92 Å². The number of aliphatic hydroxyl groups is 1. The molecule has 1 fully saturated rings. The number of nitrogens with one attached hydrogen (secondary N) is 2. The highest BCUT2D eigenvalue weighted by atomic mass is 32.2. The van der Waals surface area contributed by atoms with Crippen LogP contribution in [0.25, 0.3) is 0 Å². The number of ether oxygens (including phenoxy) is 1. The summed E-state index contributed by atoms with van der Waals surface area (Å²) in [6, 6.07) is 5.06. The van der Waals surface area contributed by atoms with Crippen LogP contribution in [0.1, 0.15) is 37.8 Å².